The van der Waals surface area contributed by atoms with Crippen LogP contribution in [0.25, 0.3) is 0 Å². The van der Waals surface area contributed by atoms with Crippen LogP contribution in [-0.2, 0) is 10.1 Å². The number of rotatable bonds is 1. The van der Waals surface area contributed by atoms with Crippen molar-refractivity contribution in [2.75, 3.05) is 0 Å². The minimum atomic E-state index is -3.79. The predicted molar refractivity (Wildman–Crippen MR) is 54.6 cm³/mol. The molecule has 14 heavy (non-hydrogen) atoms. The Morgan fingerprint density at radius 3 is 2.36 bits per heavy atom. The van der Waals surface area contributed by atoms with Gasteiger partial charge in [-0.15, -0.1) is 0 Å². The van der Waals surface area contributed by atoms with Crippen LogP contribution in [0.15, 0.2) is 0 Å². The van der Waals surface area contributed by atoms with Crippen molar-refractivity contribution in [2.45, 2.75) is 50.2 Å². The first-order valence-electron chi connectivity index (χ1n) is 5.55. The van der Waals surface area contributed by atoms with Crippen LogP contribution in [0.3, 0.4) is 0 Å². The fraction of sp³-hybridized carbons (Fsp3) is 1.00. The Labute approximate surface area is 85.6 Å². The minimum absolute atomic E-state index is 0.243. The van der Waals surface area contributed by atoms with E-state index in [4.69, 9.17) is 4.55 Å². The summed E-state index contributed by atoms with van der Waals surface area (Å²) in [5.41, 5.74) is 0. The van der Waals surface area contributed by atoms with Crippen molar-refractivity contribution in [3.8, 4) is 0 Å². The van der Waals surface area contributed by atoms with Crippen LogP contribution in [0.4, 0.5) is 0 Å². The summed E-state index contributed by atoms with van der Waals surface area (Å²) in [7, 11) is -3.79. The molecule has 2 rings (SSSR count). The van der Waals surface area contributed by atoms with Gasteiger partial charge in [-0.3, -0.25) is 4.55 Å². The van der Waals surface area contributed by atoms with Gasteiger partial charge in [0.15, 0.2) is 0 Å². The highest BCUT2D eigenvalue weighted by molar-refractivity contribution is 7.86. The lowest BCUT2D eigenvalue weighted by atomic mass is 9.91. The van der Waals surface area contributed by atoms with E-state index in [1.165, 1.54) is 12.8 Å². The summed E-state index contributed by atoms with van der Waals surface area (Å²) in [4.78, 5) is 0. The minimum Gasteiger partial charge on any atom is -0.285 e. The normalized spacial score (nSPS) is 39.1. The van der Waals surface area contributed by atoms with Crippen LogP contribution < -0.4 is 0 Å². The Hall–Kier alpha value is -0.0900. The lowest BCUT2D eigenvalue weighted by Gasteiger charge is -2.20. The van der Waals surface area contributed by atoms with E-state index < -0.39 is 15.4 Å². The van der Waals surface area contributed by atoms with E-state index >= 15 is 0 Å². The van der Waals surface area contributed by atoms with Crippen LogP contribution in [0.5, 0.6) is 0 Å². The van der Waals surface area contributed by atoms with Crippen LogP contribution in [0, 0.1) is 11.8 Å². The first-order chi connectivity index (χ1) is 6.59. The van der Waals surface area contributed by atoms with Gasteiger partial charge in [0.1, 0.15) is 0 Å². The summed E-state index contributed by atoms with van der Waals surface area (Å²) in [6.07, 6.45) is 7.42. The van der Waals surface area contributed by atoms with Crippen LogP contribution in [0.1, 0.15) is 44.9 Å². The third kappa shape index (κ3) is 1.96. The van der Waals surface area contributed by atoms with Gasteiger partial charge in [-0.25, -0.2) is 0 Å². The van der Waals surface area contributed by atoms with Gasteiger partial charge in [-0.1, -0.05) is 25.7 Å². The topological polar surface area (TPSA) is 54.4 Å². The molecule has 2 aliphatic rings. The van der Waals surface area contributed by atoms with Crippen molar-refractivity contribution < 1.29 is 13.0 Å². The van der Waals surface area contributed by atoms with Crippen molar-refractivity contribution in [2.24, 2.45) is 11.8 Å². The SMILES string of the molecule is O=S(=O)(O)C1CCC2CCCCCC21. The number of hydrogen-bond acceptors (Lipinski definition) is 2. The van der Waals surface area contributed by atoms with E-state index in [0.29, 0.717) is 12.3 Å². The Kier molecular flexibility index (Phi) is 2.84. The average molecular weight is 218 g/mol. The Morgan fingerprint density at radius 2 is 1.64 bits per heavy atom. The largest absolute Gasteiger partial charge is 0.285 e. The van der Waals surface area contributed by atoms with E-state index in [0.717, 1.165) is 25.7 Å². The molecule has 0 radical (unpaired) electrons. The van der Waals surface area contributed by atoms with Gasteiger partial charge in [0.05, 0.1) is 5.25 Å². The molecule has 3 unspecified atom stereocenters. The van der Waals surface area contributed by atoms with Gasteiger partial charge in [0.2, 0.25) is 0 Å². The van der Waals surface area contributed by atoms with Gasteiger partial charge < -0.3 is 0 Å². The Balaban J connectivity index is 2.15. The second kappa shape index (κ2) is 3.81. The molecule has 2 saturated carbocycles. The summed E-state index contributed by atoms with van der Waals surface area (Å²) in [6, 6.07) is 0. The molecule has 0 spiro atoms. The number of hydrogen-bond donors (Lipinski definition) is 1. The van der Waals surface area contributed by atoms with E-state index in [9.17, 15) is 8.42 Å². The van der Waals surface area contributed by atoms with Gasteiger partial charge >= 0.3 is 0 Å². The first kappa shape index (κ1) is 10.4. The molecule has 3 nitrogen and oxygen atoms in total. The van der Waals surface area contributed by atoms with Crippen LogP contribution >= 0.6 is 0 Å². The van der Waals surface area contributed by atoms with Crippen LogP contribution in [-0.4, -0.2) is 18.2 Å². The van der Waals surface area contributed by atoms with Gasteiger partial charge in [-0.05, 0) is 31.1 Å². The molecule has 0 aliphatic heterocycles. The summed E-state index contributed by atoms with van der Waals surface area (Å²) in [5.74, 6) is 0.803. The Bertz CT molecular complexity index is 296. The second-order valence-electron chi connectivity index (χ2n) is 4.69. The van der Waals surface area contributed by atoms with E-state index in [2.05, 4.69) is 0 Å². The third-order valence-electron chi connectivity index (χ3n) is 3.90. The maximum Gasteiger partial charge on any atom is 0.268 e. The molecule has 2 fully saturated rings. The van der Waals surface area contributed by atoms with E-state index in [-0.39, 0.29) is 5.92 Å². The smallest absolute Gasteiger partial charge is 0.268 e. The quantitative estimate of drug-likeness (QED) is 0.687. The van der Waals surface area contributed by atoms with Crippen molar-refractivity contribution in [1.82, 2.24) is 0 Å². The standard InChI is InChI=1S/C10H18O3S/c11-14(12,13)10-7-6-8-4-2-1-3-5-9(8)10/h8-10H,1-7H2,(H,11,12,13). The maximum absolute atomic E-state index is 11.2. The van der Waals surface area contributed by atoms with E-state index in [1.807, 2.05) is 0 Å². The molecule has 1 N–H and O–H groups in total. The van der Waals surface area contributed by atoms with E-state index in [1.54, 1.807) is 0 Å². The molecule has 4 heteroatoms. The van der Waals surface area contributed by atoms with Crippen LogP contribution in [0.2, 0.25) is 0 Å². The molecule has 2 aliphatic carbocycles. The molecule has 82 valence electrons. The average Bonchev–Trinajstić information content (AvgIpc) is 2.36. The van der Waals surface area contributed by atoms with Crippen molar-refractivity contribution >= 4 is 10.1 Å². The molecule has 0 heterocycles. The summed E-state index contributed by atoms with van der Waals surface area (Å²) in [6.45, 7) is 0. The summed E-state index contributed by atoms with van der Waals surface area (Å²) >= 11 is 0. The second-order valence-corrected chi connectivity index (χ2v) is 6.33. The van der Waals surface area contributed by atoms with Crippen molar-refractivity contribution in [3.05, 3.63) is 0 Å². The van der Waals surface area contributed by atoms with Gasteiger partial charge in [0.25, 0.3) is 10.1 Å². The highest BCUT2D eigenvalue weighted by atomic mass is 32.2. The highest BCUT2D eigenvalue weighted by Gasteiger charge is 2.42. The molecule has 3 atom stereocenters. The van der Waals surface area contributed by atoms with Crippen molar-refractivity contribution in [3.63, 3.8) is 0 Å². The fourth-order valence-electron chi connectivity index (χ4n) is 3.22. The monoisotopic (exact) mass is 218 g/mol. The summed E-state index contributed by atoms with van der Waals surface area (Å²) in [5, 5.41) is -0.453. The maximum atomic E-state index is 11.2. The molecule has 0 saturated heterocycles. The van der Waals surface area contributed by atoms with Gasteiger partial charge in [-0.2, -0.15) is 8.42 Å². The molecule has 0 aromatic carbocycles. The molecule has 0 aromatic rings. The summed E-state index contributed by atoms with van der Waals surface area (Å²) < 4.78 is 31.4. The third-order valence-corrected chi connectivity index (χ3v) is 5.25. The lowest BCUT2D eigenvalue weighted by molar-refractivity contribution is 0.354. The fourth-order valence-corrected chi connectivity index (χ4v) is 4.46. The first-order valence-corrected chi connectivity index (χ1v) is 7.05. The lowest BCUT2D eigenvalue weighted by Crippen LogP contribution is -2.27. The van der Waals surface area contributed by atoms with Gasteiger partial charge in [0, 0.05) is 0 Å². The predicted octanol–water partition coefficient (Wildman–Crippen LogP) is 2.23. The molecule has 0 bridgehead atoms. The Morgan fingerprint density at radius 1 is 0.929 bits per heavy atom. The molecular weight excluding hydrogens is 200 g/mol. The zero-order chi connectivity index (χ0) is 10.2. The van der Waals surface area contributed by atoms with Crippen molar-refractivity contribution in [1.29, 1.82) is 0 Å². The molecular formula is C10H18O3S. The zero-order valence-corrected chi connectivity index (χ0v) is 9.17. The zero-order valence-electron chi connectivity index (χ0n) is 8.35. The highest BCUT2D eigenvalue weighted by Crippen LogP contribution is 2.43. The number of fused-ring (bicyclic) bond motifs is 1. The molecule has 0 aromatic heterocycles. The molecule has 0 amide bonds.